The number of thiocarbonyl (C=S) groups is 1. The van der Waals surface area contributed by atoms with Gasteiger partial charge in [-0.3, -0.25) is 5.43 Å². The predicted octanol–water partition coefficient (Wildman–Crippen LogP) is 4.85. The number of hydrogen-bond acceptors (Lipinski definition) is 5. The van der Waals surface area contributed by atoms with Crippen molar-refractivity contribution in [2.24, 2.45) is 5.10 Å². The highest BCUT2D eigenvalue weighted by atomic mass is 32.2. The average Bonchev–Trinajstić information content (AvgIpc) is 3.22. The van der Waals surface area contributed by atoms with Crippen LogP contribution in [0, 0.1) is 0 Å². The standard InChI is InChI=1S/C21H27N3O2S2/c1-25-20-10-9-16(12-17(20)14-28-15-19-8-5-11-26-19)13-22-24-21(27)23-18-6-3-2-4-7-18/h5,8-13,18H,2-4,6-7,14-15H2,1H3,(H2,23,24,27)/b22-13-. The summed E-state index contributed by atoms with van der Waals surface area (Å²) in [6.45, 7) is 0. The van der Waals surface area contributed by atoms with E-state index in [1.807, 2.05) is 24.3 Å². The predicted molar refractivity (Wildman–Crippen MR) is 120 cm³/mol. The van der Waals surface area contributed by atoms with Crippen molar-refractivity contribution in [1.82, 2.24) is 10.7 Å². The lowest BCUT2D eigenvalue weighted by Crippen LogP contribution is -2.40. The number of furan rings is 1. The van der Waals surface area contributed by atoms with Gasteiger partial charge in [-0.15, -0.1) is 11.8 Å². The van der Waals surface area contributed by atoms with E-state index in [1.54, 1.807) is 31.3 Å². The second-order valence-corrected chi connectivity index (χ2v) is 8.22. The Morgan fingerprint density at radius 3 is 2.89 bits per heavy atom. The van der Waals surface area contributed by atoms with Gasteiger partial charge in [-0.2, -0.15) is 5.10 Å². The lowest BCUT2D eigenvalue weighted by Gasteiger charge is -2.23. The number of methoxy groups -OCH3 is 1. The fraction of sp³-hybridized carbons (Fsp3) is 0.429. The molecule has 28 heavy (non-hydrogen) atoms. The second kappa shape index (κ2) is 11.1. The number of ether oxygens (including phenoxy) is 1. The van der Waals surface area contributed by atoms with Crippen molar-refractivity contribution >= 4 is 35.3 Å². The monoisotopic (exact) mass is 417 g/mol. The largest absolute Gasteiger partial charge is 0.496 e. The molecule has 0 aliphatic heterocycles. The summed E-state index contributed by atoms with van der Waals surface area (Å²) in [5.74, 6) is 3.52. The first-order chi connectivity index (χ1) is 13.7. The summed E-state index contributed by atoms with van der Waals surface area (Å²) in [6.07, 6.45) is 9.73. The molecule has 150 valence electrons. The van der Waals surface area contributed by atoms with Crippen LogP contribution in [0.4, 0.5) is 0 Å². The van der Waals surface area contributed by atoms with E-state index >= 15 is 0 Å². The van der Waals surface area contributed by atoms with Crippen LogP contribution in [0.5, 0.6) is 5.75 Å². The SMILES string of the molecule is COc1ccc(/C=N\NC(=S)NC2CCCCC2)cc1CSCc1ccco1. The number of rotatable bonds is 8. The molecule has 0 radical (unpaired) electrons. The van der Waals surface area contributed by atoms with Gasteiger partial charge >= 0.3 is 0 Å². The van der Waals surface area contributed by atoms with Crippen LogP contribution in [0.2, 0.25) is 0 Å². The Labute approximate surface area is 176 Å². The molecule has 2 N–H and O–H groups in total. The number of thioether (sulfide) groups is 1. The van der Waals surface area contributed by atoms with E-state index in [-0.39, 0.29) is 0 Å². The van der Waals surface area contributed by atoms with Crippen LogP contribution in [0.3, 0.4) is 0 Å². The summed E-state index contributed by atoms with van der Waals surface area (Å²) < 4.78 is 10.9. The van der Waals surface area contributed by atoms with Crippen LogP contribution >= 0.6 is 24.0 Å². The summed E-state index contributed by atoms with van der Waals surface area (Å²) in [5.41, 5.74) is 5.06. The van der Waals surface area contributed by atoms with E-state index in [2.05, 4.69) is 21.9 Å². The molecular formula is C21H27N3O2S2. The zero-order valence-electron chi connectivity index (χ0n) is 16.1. The molecule has 0 unspecified atom stereocenters. The number of hydrazone groups is 1. The molecule has 0 spiro atoms. The maximum Gasteiger partial charge on any atom is 0.187 e. The lowest BCUT2D eigenvalue weighted by atomic mass is 9.96. The molecule has 1 heterocycles. The minimum Gasteiger partial charge on any atom is -0.496 e. The molecule has 0 saturated heterocycles. The van der Waals surface area contributed by atoms with Gasteiger partial charge in [-0.1, -0.05) is 19.3 Å². The fourth-order valence-electron chi connectivity index (χ4n) is 3.28. The van der Waals surface area contributed by atoms with Gasteiger partial charge in [0.2, 0.25) is 0 Å². The van der Waals surface area contributed by atoms with Crippen LogP contribution < -0.4 is 15.5 Å². The summed E-state index contributed by atoms with van der Waals surface area (Å²) in [7, 11) is 1.70. The Morgan fingerprint density at radius 2 is 2.14 bits per heavy atom. The molecule has 2 aromatic rings. The molecule has 0 atom stereocenters. The van der Waals surface area contributed by atoms with Crippen molar-refractivity contribution in [3.8, 4) is 5.75 Å². The van der Waals surface area contributed by atoms with E-state index in [0.29, 0.717) is 11.2 Å². The van der Waals surface area contributed by atoms with Crippen molar-refractivity contribution < 1.29 is 9.15 Å². The number of nitrogens with one attached hydrogen (secondary N) is 2. The second-order valence-electron chi connectivity index (χ2n) is 6.82. The number of hydrogen-bond donors (Lipinski definition) is 2. The zero-order valence-corrected chi connectivity index (χ0v) is 17.8. The van der Waals surface area contributed by atoms with Gasteiger partial charge in [-0.05, 0) is 61.0 Å². The van der Waals surface area contributed by atoms with E-state index in [0.717, 1.165) is 34.1 Å². The van der Waals surface area contributed by atoms with E-state index in [1.165, 1.54) is 32.1 Å². The third kappa shape index (κ3) is 6.56. The maximum atomic E-state index is 5.49. The molecule has 1 fully saturated rings. The molecular weight excluding hydrogens is 390 g/mol. The van der Waals surface area contributed by atoms with E-state index in [9.17, 15) is 0 Å². The van der Waals surface area contributed by atoms with Gasteiger partial charge in [0, 0.05) is 17.4 Å². The van der Waals surface area contributed by atoms with Crippen LogP contribution in [0.1, 0.15) is 49.0 Å². The minimum absolute atomic E-state index is 0.475. The van der Waals surface area contributed by atoms with Crippen molar-refractivity contribution in [3.05, 3.63) is 53.5 Å². The van der Waals surface area contributed by atoms with E-state index < -0.39 is 0 Å². The Balaban J connectivity index is 1.51. The first-order valence-corrected chi connectivity index (χ1v) is 11.2. The molecule has 0 amide bonds. The molecule has 5 nitrogen and oxygen atoms in total. The molecule has 1 aliphatic carbocycles. The fourth-order valence-corrected chi connectivity index (χ4v) is 4.41. The van der Waals surface area contributed by atoms with Crippen molar-refractivity contribution in [3.63, 3.8) is 0 Å². The summed E-state index contributed by atoms with van der Waals surface area (Å²) in [6, 6.07) is 10.4. The first-order valence-electron chi connectivity index (χ1n) is 9.61. The zero-order chi connectivity index (χ0) is 19.6. The molecule has 1 aliphatic rings. The summed E-state index contributed by atoms with van der Waals surface area (Å²) in [4.78, 5) is 0. The molecule has 3 rings (SSSR count). The van der Waals surface area contributed by atoms with Gasteiger partial charge in [0.05, 0.1) is 25.3 Å². The minimum atomic E-state index is 0.475. The van der Waals surface area contributed by atoms with Crippen LogP contribution in [0.25, 0.3) is 0 Å². The topological polar surface area (TPSA) is 58.8 Å². The number of nitrogens with zero attached hydrogens (tertiary/aromatic N) is 1. The van der Waals surface area contributed by atoms with Gasteiger partial charge in [0.15, 0.2) is 5.11 Å². The van der Waals surface area contributed by atoms with Crippen LogP contribution in [-0.4, -0.2) is 24.5 Å². The highest BCUT2D eigenvalue weighted by Gasteiger charge is 2.13. The normalized spacial score (nSPS) is 14.9. The van der Waals surface area contributed by atoms with Crippen molar-refractivity contribution in [1.29, 1.82) is 0 Å². The summed E-state index contributed by atoms with van der Waals surface area (Å²) >= 11 is 7.13. The Kier molecular flexibility index (Phi) is 8.23. The van der Waals surface area contributed by atoms with Gasteiger partial charge in [0.1, 0.15) is 11.5 Å². The van der Waals surface area contributed by atoms with Crippen molar-refractivity contribution in [2.45, 2.75) is 49.7 Å². The van der Waals surface area contributed by atoms with Crippen LogP contribution in [0.15, 0.2) is 46.1 Å². The van der Waals surface area contributed by atoms with Crippen LogP contribution in [-0.2, 0) is 11.5 Å². The van der Waals surface area contributed by atoms with Gasteiger partial charge < -0.3 is 14.5 Å². The third-order valence-electron chi connectivity index (χ3n) is 4.71. The van der Waals surface area contributed by atoms with Gasteiger partial charge in [-0.25, -0.2) is 0 Å². The lowest BCUT2D eigenvalue weighted by molar-refractivity contribution is 0.411. The first kappa shape index (κ1) is 20.7. The highest BCUT2D eigenvalue weighted by molar-refractivity contribution is 7.97. The average molecular weight is 418 g/mol. The number of benzene rings is 1. The van der Waals surface area contributed by atoms with Gasteiger partial charge in [0.25, 0.3) is 0 Å². The van der Waals surface area contributed by atoms with E-state index in [4.69, 9.17) is 21.4 Å². The molecule has 7 heteroatoms. The molecule has 1 aromatic carbocycles. The molecule has 0 bridgehead atoms. The molecule has 1 saturated carbocycles. The maximum absolute atomic E-state index is 5.49. The smallest absolute Gasteiger partial charge is 0.187 e. The highest BCUT2D eigenvalue weighted by Crippen LogP contribution is 2.26. The Hall–Kier alpha value is -1.99. The quantitative estimate of drug-likeness (QED) is 0.364. The van der Waals surface area contributed by atoms with Crippen molar-refractivity contribution in [2.75, 3.05) is 7.11 Å². The Bertz CT molecular complexity index is 772. The molecule has 1 aromatic heterocycles. The third-order valence-corrected chi connectivity index (χ3v) is 5.92. The Morgan fingerprint density at radius 1 is 1.29 bits per heavy atom. The summed E-state index contributed by atoms with van der Waals surface area (Å²) in [5, 5.41) is 8.22.